The van der Waals surface area contributed by atoms with Crippen molar-refractivity contribution in [1.82, 2.24) is 4.98 Å². The van der Waals surface area contributed by atoms with E-state index in [9.17, 15) is 0 Å². The Hall–Kier alpha value is -2.33. The van der Waals surface area contributed by atoms with Crippen LogP contribution in [0.3, 0.4) is 0 Å². The van der Waals surface area contributed by atoms with E-state index in [4.69, 9.17) is 15.5 Å². The van der Waals surface area contributed by atoms with Crippen molar-refractivity contribution in [2.24, 2.45) is 0 Å². The standard InChI is InChI=1S/C22H24N2OS/c1-14-9-19(23)21(25-2)11-18(14)12-22-24-20(13-26-22)17-8-7-15-5-3-4-6-16(15)10-17/h7-11,13H,3-6,12,23H2,1-2H3. The van der Waals surface area contributed by atoms with Crippen LogP contribution in [0.2, 0.25) is 0 Å². The highest BCUT2D eigenvalue weighted by atomic mass is 32.1. The van der Waals surface area contributed by atoms with Crippen LogP contribution in [-0.4, -0.2) is 12.1 Å². The highest BCUT2D eigenvalue weighted by Crippen LogP contribution is 2.31. The average Bonchev–Trinajstić information content (AvgIpc) is 3.12. The first-order chi connectivity index (χ1) is 12.6. The molecule has 26 heavy (non-hydrogen) atoms. The highest BCUT2D eigenvalue weighted by molar-refractivity contribution is 7.10. The van der Waals surface area contributed by atoms with Crippen molar-refractivity contribution in [2.75, 3.05) is 12.8 Å². The molecule has 3 nitrogen and oxygen atoms in total. The maximum atomic E-state index is 5.99. The van der Waals surface area contributed by atoms with Crippen molar-refractivity contribution in [2.45, 2.75) is 39.0 Å². The van der Waals surface area contributed by atoms with Gasteiger partial charge in [-0.2, -0.15) is 0 Å². The van der Waals surface area contributed by atoms with E-state index in [2.05, 4.69) is 30.5 Å². The van der Waals surface area contributed by atoms with Crippen LogP contribution >= 0.6 is 11.3 Å². The van der Waals surface area contributed by atoms with E-state index in [1.165, 1.54) is 53.5 Å². The Bertz CT molecular complexity index is 945. The zero-order chi connectivity index (χ0) is 18.1. The largest absolute Gasteiger partial charge is 0.495 e. The molecule has 0 atom stereocenters. The lowest BCUT2D eigenvalue weighted by Gasteiger charge is -2.16. The number of nitrogens with zero attached hydrogens (tertiary/aromatic N) is 1. The molecule has 0 fully saturated rings. The van der Waals surface area contributed by atoms with Crippen molar-refractivity contribution >= 4 is 17.0 Å². The van der Waals surface area contributed by atoms with Gasteiger partial charge in [0, 0.05) is 17.4 Å². The second kappa shape index (κ2) is 7.12. The van der Waals surface area contributed by atoms with E-state index in [1.54, 1.807) is 18.4 Å². The van der Waals surface area contributed by atoms with Crippen LogP contribution in [-0.2, 0) is 19.3 Å². The summed E-state index contributed by atoms with van der Waals surface area (Å²) in [5.74, 6) is 0.733. The number of ether oxygens (including phenoxy) is 1. The number of methoxy groups -OCH3 is 1. The molecule has 4 heteroatoms. The third kappa shape index (κ3) is 3.34. The minimum absolute atomic E-state index is 0.683. The Labute approximate surface area is 158 Å². The Morgan fingerprint density at radius 1 is 1.12 bits per heavy atom. The lowest BCUT2D eigenvalue weighted by molar-refractivity contribution is 0.416. The first kappa shape index (κ1) is 17.1. The zero-order valence-electron chi connectivity index (χ0n) is 15.3. The van der Waals surface area contributed by atoms with Gasteiger partial charge in [-0.3, -0.25) is 0 Å². The number of aromatic nitrogens is 1. The molecule has 2 N–H and O–H groups in total. The van der Waals surface area contributed by atoms with Gasteiger partial charge in [0.05, 0.1) is 23.5 Å². The minimum atomic E-state index is 0.683. The Kier molecular flexibility index (Phi) is 4.68. The first-order valence-electron chi connectivity index (χ1n) is 9.13. The molecule has 2 aromatic carbocycles. The normalized spacial score (nSPS) is 13.5. The van der Waals surface area contributed by atoms with E-state index < -0.39 is 0 Å². The molecule has 0 bridgehead atoms. The second-order valence-electron chi connectivity index (χ2n) is 7.01. The van der Waals surface area contributed by atoms with Crippen LogP contribution in [0.4, 0.5) is 5.69 Å². The van der Waals surface area contributed by atoms with Crippen LogP contribution in [0.25, 0.3) is 11.3 Å². The van der Waals surface area contributed by atoms with Gasteiger partial charge in [0.1, 0.15) is 5.75 Å². The summed E-state index contributed by atoms with van der Waals surface area (Å²) in [5, 5.41) is 3.29. The molecule has 0 saturated carbocycles. The molecule has 4 rings (SSSR count). The molecular weight excluding hydrogens is 340 g/mol. The number of aryl methyl sites for hydroxylation is 3. The number of nitrogens with two attached hydrogens (primary N) is 1. The average molecular weight is 365 g/mol. The molecule has 0 aliphatic heterocycles. The van der Waals surface area contributed by atoms with E-state index in [1.807, 2.05) is 12.1 Å². The summed E-state index contributed by atoms with van der Waals surface area (Å²) in [6.45, 7) is 2.09. The number of thiazole rings is 1. The van der Waals surface area contributed by atoms with Crippen molar-refractivity contribution in [3.05, 3.63) is 63.0 Å². The predicted molar refractivity (Wildman–Crippen MR) is 109 cm³/mol. The second-order valence-corrected chi connectivity index (χ2v) is 7.96. The molecule has 1 aliphatic rings. The van der Waals surface area contributed by atoms with Gasteiger partial charge in [0.25, 0.3) is 0 Å². The molecule has 1 aliphatic carbocycles. The number of fused-ring (bicyclic) bond motifs is 1. The SMILES string of the molecule is COc1cc(Cc2nc(-c3ccc4c(c3)CCCC4)cs2)c(C)cc1N. The van der Waals surface area contributed by atoms with Crippen molar-refractivity contribution in [1.29, 1.82) is 0 Å². The molecule has 1 heterocycles. The molecule has 3 aromatic rings. The predicted octanol–water partition coefficient (Wildman–Crippen LogP) is 5.18. The summed E-state index contributed by atoms with van der Waals surface area (Å²) >= 11 is 1.72. The summed E-state index contributed by atoms with van der Waals surface area (Å²) in [6.07, 6.45) is 5.84. The Morgan fingerprint density at radius 2 is 1.92 bits per heavy atom. The van der Waals surface area contributed by atoms with E-state index in [0.717, 1.165) is 22.9 Å². The Morgan fingerprint density at radius 3 is 2.73 bits per heavy atom. The van der Waals surface area contributed by atoms with Gasteiger partial charge in [-0.05, 0) is 73.1 Å². The van der Waals surface area contributed by atoms with E-state index in [-0.39, 0.29) is 0 Å². The van der Waals surface area contributed by atoms with Crippen molar-refractivity contribution in [3.63, 3.8) is 0 Å². The van der Waals surface area contributed by atoms with Crippen LogP contribution in [0.1, 0.15) is 40.1 Å². The fourth-order valence-corrected chi connectivity index (χ4v) is 4.53. The molecule has 0 saturated heterocycles. The van der Waals surface area contributed by atoms with Gasteiger partial charge in [-0.25, -0.2) is 4.98 Å². The lowest BCUT2D eigenvalue weighted by atomic mass is 9.90. The minimum Gasteiger partial charge on any atom is -0.495 e. The van der Waals surface area contributed by atoms with E-state index >= 15 is 0 Å². The third-order valence-corrected chi connectivity index (χ3v) is 6.07. The highest BCUT2D eigenvalue weighted by Gasteiger charge is 2.13. The summed E-state index contributed by atoms with van der Waals surface area (Å²) in [4.78, 5) is 4.89. The quantitative estimate of drug-likeness (QED) is 0.649. The summed E-state index contributed by atoms with van der Waals surface area (Å²) in [7, 11) is 1.66. The molecular formula is C22H24N2OS. The maximum absolute atomic E-state index is 5.99. The molecule has 134 valence electrons. The summed E-state index contributed by atoms with van der Waals surface area (Å²) in [6, 6.07) is 10.9. The lowest BCUT2D eigenvalue weighted by Crippen LogP contribution is -2.02. The zero-order valence-corrected chi connectivity index (χ0v) is 16.2. The maximum Gasteiger partial charge on any atom is 0.142 e. The van der Waals surface area contributed by atoms with Crippen LogP contribution in [0, 0.1) is 6.92 Å². The Balaban J connectivity index is 1.59. The molecule has 0 unspecified atom stereocenters. The van der Waals surface area contributed by atoms with Crippen molar-refractivity contribution < 1.29 is 4.74 Å². The van der Waals surface area contributed by atoms with Gasteiger partial charge in [-0.15, -0.1) is 11.3 Å². The topological polar surface area (TPSA) is 48.1 Å². The van der Waals surface area contributed by atoms with Gasteiger partial charge in [-0.1, -0.05) is 12.1 Å². The monoisotopic (exact) mass is 364 g/mol. The number of hydrogen-bond acceptors (Lipinski definition) is 4. The van der Waals surface area contributed by atoms with Gasteiger partial charge < -0.3 is 10.5 Å². The van der Waals surface area contributed by atoms with Gasteiger partial charge in [0.2, 0.25) is 0 Å². The molecule has 0 spiro atoms. The fraction of sp³-hybridized carbons (Fsp3) is 0.318. The smallest absolute Gasteiger partial charge is 0.142 e. The first-order valence-corrected chi connectivity index (χ1v) is 10.0. The van der Waals surface area contributed by atoms with Crippen molar-refractivity contribution in [3.8, 4) is 17.0 Å². The van der Waals surface area contributed by atoms with Crippen LogP contribution in [0.15, 0.2) is 35.7 Å². The number of rotatable bonds is 4. The number of nitrogen functional groups attached to an aromatic ring is 1. The fourth-order valence-electron chi connectivity index (χ4n) is 3.70. The van der Waals surface area contributed by atoms with E-state index in [0.29, 0.717) is 5.69 Å². The summed E-state index contributed by atoms with van der Waals surface area (Å²) in [5.41, 5.74) is 14.4. The number of benzene rings is 2. The summed E-state index contributed by atoms with van der Waals surface area (Å²) < 4.78 is 5.36. The number of anilines is 1. The third-order valence-electron chi connectivity index (χ3n) is 5.23. The molecule has 0 radical (unpaired) electrons. The number of hydrogen-bond donors (Lipinski definition) is 1. The van der Waals surface area contributed by atoms with Crippen LogP contribution in [0.5, 0.6) is 5.75 Å². The molecule has 1 aromatic heterocycles. The van der Waals surface area contributed by atoms with Crippen LogP contribution < -0.4 is 10.5 Å². The van der Waals surface area contributed by atoms with Gasteiger partial charge >= 0.3 is 0 Å². The van der Waals surface area contributed by atoms with Gasteiger partial charge in [0.15, 0.2) is 0 Å². The molecule has 0 amide bonds.